The van der Waals surface area contributed by atoms with E-state index in [0.29, 0.717) is 43.7 Å². The molecule has 1 aliphatic heterocycles. The van der Waals surface area contributed by atoms with Gasteiger partial charge < -0.3 is 10.4 Å². The van der Waals surface area contributed by atoms with Crippen LogP contribution in [0.3, 0.4) is 0 Å². The van der Waals surface area contributed by atoms with Crippen LogP contribution in [0.4, 0.5) is 14.5 Å². The van der Waals surface area contributed by atoms with E-state index in [4.69, 9.17) is 0 Å². The van der Waals surface area contributed by atoms with Gasteiger partial charge in [0.1, 0.15) is 0 Å². The molecule has 0 spiro atoms. The molecule has 2 N–H and O–H groups in total. The Morgan fingerprint density at radius 2 is 1.62 bits per heavy atom. The molecular weight excluding hydrogens is 438 g/mol. The monoisotopic (exact) mass is 464 g/mol. The summed E-state index contributed by atoms with van der Waals surface area (Å²) in [4.78, 5) is 26.1. The molecule has 1 aliphatic rings. The molecule has 0 saturated carbocycles. The summed E-state index contributed by atoms with van der Waals surface area (Å²) >= 11 is 0. The zero-order valence-electron chi connectivity index (χ0n) is 18.9. The number of carbonyl (C=O) groups excluding carboxylic acids is 2. The molecule has 34 heavy (non-hydrogen) atoms. The van der Waals surface area contributed by atoms with Crippen molar-refractivity contribution in [1.82, 2.24) is 4.90 Å². The molecule has 5 nitrogen and oxygen atoms in total. The summed E-state index contributed by atoms with van der Waals surface area (Å²) in [7, 11) is 0. The number of anilines is 1. The van der Waals surface area contributed by atoms with Crippen LogP contribution in [-0.4, -0.2) is 34.8 Å². The van der Waals surface area contributed by atoms with Crippen molar-refractivity contribution in [1.29, 1.82) is 0 Å². The smallest absolute Gasteiger partial charge is 0.221 e. The minimum atomic E-state index is -1.05. The number of carbonyl (C=O) groups is 2. The van der Waals surface area contributed by atoms with Crippen LogP contribution >= 0.6 is 0 Å². The molecule has 3 aromatic carbocycles. The highest BCUT2D eigenvalue weighted by atomic mass is 19.2. The number of hydrogen-bond acceptors (Lipinski definition) is 4. The minimum absolute atomic E-state index is 0.101. The second-order valence-electron chi connectivity index (χ2n) is 8.72. The lowest BCUT2D eigenvalue weighted by Crippen LogP contribution is -2.42. The van der Waals surface area contributed by atoms with Crippen molar-refractivity contribution in [2.45, 2.75) is 31.9 Å². The largest absolute Gasteiger partial charge is 0.385 e. The van der Waals surface area contributed by atoms with Crippen molar-refractivity contribution in [3.8, 4) is 0 Å². The first-order valence-corrected chi connectivity index (χ1v) is 11.1. The Morgan fingerprint density at radius 3 is 2.26 bits per heavy atom. The zero-order chi connectivity index (χ0) is 24.3. The van der Waals surface area contributed by atoms with Gasteiger partial charge in [-0.25, -0.2) is 8.78 Å². The third-order valence-electron chi connectivity index (χ3n) is 6.21. The predicted octanol–water partition coefficient (Wildman–Crippen LogP) is 4.64. The first-order chi connectivity index (χ1) is 16.2. The third kappa shape index (κ3) is 5.38. The first kappa shape index (κ1) is 23.7. The van der Waals surface area contributed by atoms with E-state index in [0.717, 1.165) is 23.3 Å². The molecule has 3 aromatic rings. The Bertz CT molecular complexity index is 1200. The van der Waals surface area contributed by atoms with Gasteiger partial charge >= 0.3 is 0 Å². The van der Waals surface area contributed by atoms with Gasteiger partial charge in [0.05, 0.1) is 5.60 Å². The number of amides is 1. The fourth-order valence-corrected chi connectivity index (χ4v) is 4.28. The summed E-state index contributed by atoms with van der Waals surface area (Å²) in [6.07, 6.45) is 1.12. The summed E-state index contributed by atoms with van der Waals surface area (Å²) in [6.45, 7) is 3.50. The zero-order valence-corrected chi connectivity index (χ0v) is 18.9. The van der Waals surface area contributed by atoms with Crippen molar-refractivity contribution < 1.29 is 23.5 Å². The maximum Gasteiger partial charge on any atom is 0.221 e. The molecule has 1 heterocycles. The molecule has 1 saturated heterocycles. The number of benzene rings is 3. The second kappa shape index (κ2) is 9.83. The predicted molar refractivity (Wildman–Crippen MR) is 125 cm³/mol. The van der Waals surface area contributed by atoms with Crippen LogP contribution in [0.15, 0.2) is 66.7 Å². The van der Waals surface area contributed by atoms with Gasteiger partial charge in [0.15, 0.2) is 17.4 Å². The van der Waals surface area contributed by atoms with E-state index in [9.17, 15) is 23.5 Å². The summed E-state index contributed by atoms with van der Waals surface area (Å²) in [5.41, 5.74) is 2.02. The SMILES string of the molecule is CC(=O)Nc1cccc(C2(O)CCN(Cc3ccc(C(=O)c4ccc(F)c(F)c4)cc3)CC2)c1. The molecule has 1 fully saturated rings. The Morgan fingerprint density at radius 1 is 0.941 bits per heavy atom. The van der Waals surface area contributed by atoms with E-state index in [1.807, 2.05) is 30.3 Å². The van der Waals surface area contributed by atoms with Crippen LogP contribution < -0.4 is 5.32 Å². The van der Waals surface area contributed by atoms with Crippen LogP contribution in [0, 0.1) is 11.6 Å². The van der Waals surface area contributed by atoms with Crippen LogP contribution in [0.2, 0.25) is 0 Å². The number of halogens is 2. The van der Waals surface area contributed by atoms with Crippen LogP contribution in [0.25, 0.3) is 0 Å². The van der Waals surface area contributed by atoms with Gasteiger partial charge in [0.25, 0.3) is 0 Å². The summed E-state index contributed by atoms with van der Waals surface area (Å²) in [6, 6.07) is 17.5. The van der Waals surface area contributed by atoms with Gasteiger partial charge in [-0.05, 0) is 54.3 Å². The van der Waals surface area contributed by atoms with E-state index in [1.54, 1.807) is 18.2 Å². The summed E-state index contributed by atoms with van der Waals surface area (Å²) in [5.74, 6) is -2.55. The van der Waals surface area contributed by atoms with Crippen LogP contribution in [0.1, 0.15) is 46.8 Å². The molecule has 176 valence electrons. The Labute approximate surface area is 197 Å². The van der Waals surface area contributed by atoms with E-state index >= 15 is 0 Å². The molecule has 4 rings (SSSR count). The molecule has 0 aromatic heterocycles. The van der Waals surface area contributed by atoms with E-state index in [2.05, 4.69) is 10.2 Å². The molecule has 7 heteroatoms. The van der Waals surface area contributed by atoms with Crippen molar-refractivity contribution in [2.75, 3.05) is 18.4 Å². The van der Waals surface area contributed by atoms with E-state index < -0.39 is 17.2 Å². The van der Waals surface area contributed by atoms with Gasteiger partial charge in [0.2, 0.25) is 5.91 Å². The number of nitrogens with zero attached hydrogens (tertiary/aromatic N) is 1. The van der Waals surface area contributed by atoms with Gasteiger partial charge in [-0.15, -0.1) is 0 Å². The second-order valence-corrected chi connectivity index (χ2v) is 8.72. The highest BCUT2D eigenvalue weighted by Gasteiger charge is 2.34. The standard InChI is InChI=1S/C27H26F2N2O3/c1-18(32)30-23-4-2-3-22(16-23)27(34)11-13-31(14-12-27)17-19-5-7-20(8-6-19)26(33)21-9-10-24(28)25(29)15-21/h2-10,15-16,34H,11-14,17H2,1H3,(H,30,32). The summed E-state index contributed by atoms with van der Waals surface area (Å²) in [5, 5.41) is 14.0. The molecular formula is C27H26F2N2O3. The lowest BCUT2D eigenvalue weighted by atomic mass is 9.84. The maximum absolute atomic E-state index is 13.4. The Hall–Kier alpha value is -3.42. The molecule has 1 amide bonds. The molecule has 0 radical (unpaired) electrons. The topological polar surface area (TPSA) is 69.6 Å². The number of aliphatic hydroxyl groups is 1. The number of hydrogen-bond donors (Lipinski definition) is 2. The van der Waals surface area contributed by atoms with E-state index in [1.165, 1.54) is 13.0 Å². The molecule has 0 unspecified atom stereocenters. The number of piperidine rings is 1. The van der Waals surface area contributed by atoms with Crippen molar-refractivity contribution >= 4 is 17.4 Å². The number of nitrogens with one attached hydrogen (secondary N) is 1. The number of likely N-dealkylation sites (tertiary alicyclic amines) is 1. The highest BCUT2D eigenvalue weighted by Crippen LogP contribution is 2.34. The number of ketones is 1. The van der Waals surface area contributed by atoms with Gasteiger partial charge in [-0.1, -0.05) is 36.4 Å². The Kier molecular flexibility index (Phi) is 6.86. The average Bonchev–Trinajstić information content (AvgIpc) is 2.82. The third-order valence-corrected chi connectivity index (χ3v) is 6.21. The van der Waals surface area contributed by atoms with Crippen LogP contribution in [0.5, 0.6) is 0 Å². The average molecular weight is 465 g/mol. The molecule has 0 bridgehead atoms. The number of rotatable bonds is 6. The van der Waals surface area contributed by atoms with E-state index in [-0.39, 0.29) is 17.3 Å². The Balaban J connectivity index is 1.36. The van der Waals surface area contributed by atoms with Gasteiger partial charge in [0, 0.05) is 43.4 Å². The fourth-order valence-electron chi connectivity index (χ4n) is 4.28. The lowest BCUT2D eigenvalue weighted by Gasteiger charge is -2.38. The van der Waals surface area contributed by atoms with Gasteiger partial charge in [-0.2, -0.15) is 0 Å². The van der Waals surface area contributed by atoms with Gasteiger partial charge in [-0.3, -0.25) is 14.5 Å². The quantitative estimate of drug-likeness (QED) is 0.522. The normalized spacial score (nSPS) is 15.6. The van der Waals surface area contributed by atoms with Crippen molar-refractivity contribution in [3.63, 3.8) is 0 Å². The molecule has 0 aliphatic carbocycles. The molecule has 0 atom stereocenters. The fraction of sp³-hybridized carbons (Fsp3) is 0.259. The van der Waals surface area contributed by atoms with Crippen LogP contribution in [-0.2, 0) is 16.9 Å². The minimum Gasteiger partial charge on any atom is -0.385 e. The highest BCUT2D eigenvalue weighted by molar-refractivity contribution is 6.08. The maximum atomic E-state index is 13.4. The lowest BCUT2D eigenvalue weighted by molar-refractivity contribution is -0.114. The van der Waals surface area contributed by atoms with Crippen molar-refractivity contribution in [2.24, 2.45) is 0 Å². The van der Waals surface area contributed by atoms with Crippen molar-refractivity contribution in [3.05, 3.63) is 101 Å². The summed E-state index contributed by atoms with van der Waals surface area (Å²) < 4.78 is 26.6. The first-order valence-electron chi connectivity index (χ1n) is 11.1.